The molecule has 1 aromatic rings. The molecule has 0 aromatic heterocycles. The summed E-state index contributed by atoms with van der Waals surface area (Å²) in [6.07, 6.45) is 6.91. The number of fused-ring (bicyclic) bond motifs is 1. The number of nitrogens with zero attached hydrogens (tertiary/aromatic N) is 2. The SMILES string of the molecule is NC(=O)c1ccc(N2CCCCC2)c(N2C(=O)[C@@H]3CCCC[C@H]3C2=O)c1. The number of nitrogens with two attached hydrogens (primary N) is 1. The van der Waals surface area contributed by atoms with E-state index in [1.54, 1.807) is 12.1 Å². The highest BCUT2D eigenvalue weighted by molar-refractivity contribution is 6.23. The third-order valence-electron chi connectivity index (χ3n) is 6.04. The highest BCUT2D eigenvalue weighted by Crippen LogP contribution is 2.43. The summed E-state index contributed by atoms with van der Waals surface area (Å²) in [5.74, 6) is -1.18. The Morgan fingerprint density at radius 3 is 2.08 bits per heavy atom. The maximum atomic E-state index is 13.0. The molecule has 0 unspecified atom stereocenters. The van der Waals surface area contributed by atoms with Crippen LogP contribution in [0.15, 0.2) is 18.2 Å². The summed E-state index contributed by atoms with van der Waals surface area (Å²) in [4.78, 5) is 41.3. The van der Waals surface area contributed by atoms with Crippen molar-refractivity contribution >= 4 is 29.1 Å². The van der Waals surface area contributed by atoms with Crippen molar-refractivity contribution in [3.8, 4) is 0 Å². The second kappa shape index (κ2) is 6.74. The van der Waals surface area contributed by atoms with Crippen LogP contribution >= 0.6 is 0 Å². The van der Waals surface area contributed by atoms with E-state index in [2.05, 4.69) is 4.90 Å². The van der Waals surface area contributed by atoms with E-state index < -0.39 is 5.91 Å². The fourth-order valence-electron chi connectivity index (χ4n) is 4.66. The first kappa shape index (κ1) is 17.1. The molecule has 3 fully saturated rings. The van der Waals surface area contributed by atoms with Gasteiger partial charge in [-0.05, 0) is 50.3 Å². The summed E-state index contributed by atoms with van der Waals surface area (Å²) in [6.45, 7) is 1.79. The smallest absolute Gasteiger partial charge is 0.248 e. The molecule has 2 heterocycles. The molecular formula is C20H25N3O3. The average Bonchev–Trinajstić information content (AvgIpc) is 2.93. The zero-order chi connectivity index (χ0) is 18.3. The summed E-state index contributed by atoms with van der Waals surface area (Å²) in [7, 11) is 0. The molecule has 0 spiro atoms. The molecule has 3 amide bonds. The predicted octanol–water partition coefficient (Wildman–Crippen LogP) is 2.46. The second-order valence-corrected chi connectivity index (χ2v) is 7.62. The van der Waals surface area contributed by atoms with Crippen molar-refractivity contribution in [3.05, 3.63) is 23.8 Å². The van der Waals surface area contributed by atoms with E-state index in [1.807, 2.05) is 6.07 Å². The van der Waals surface area contributed by atoms with Gasteiger partial charge in [-0.15, -0.1) is 0 Å². The number of rotatable bonds is 3. The van der Waals surface area contributed by atoms with Crippen LogP contribution in [0.1, 0.15) is 55.3 Å². The first-order valence-electron chi connectivity index (χ1n) is 9.64. The van der Waals surface area contributed by atoms with Gasteiger partial charge in [0.2, 0.25) is 17.7 Å². The van der Waals surface area contributed by atoms with Crippen molar-refractivity contribution in [2.24, 2.45) is 17.6 Å². The zero-order valence-corrected chi connectivity index (χ0v) is 14.9. The number of piperidine rings is 1. The van der Waals surface area contributed by atoms with Crippen LogP contribution in [-0.2, 0) is 9.59 Å². The van der Waals surface area contributed by atoms with E-state index in [4.69, 9.17) is 5.73 Å². The first-order valence-corrected chi connectivity index (χ1v) is 9.64. The van der Waals surface area contributed by atoms with Crippen molar-refractivity contribution in [2.45, 2.75) is 44.9 Å². The minimum atomic E-state index is -0.548. The van der Waals surface area contributed by atoms with E-state index in [0.717, 1.165) is 57.3 Å². The molecule has 0 radical (unpaired) electrons. The van der Waals surface area contributed by atoms with Gasteiger partial charge in [0.05, 0.1) is 23.2 Å². The van der Waals surface area contributed by atoms with Crippen LogP contribution in [0.3, 0.4) is 0 Å². The number of imide groups is 1. The maximum Gasteiger partial charge on any atom is 0.248 e. The lowest BCUT2D eigenvalue weighted by atomic mass is 9.81. The standard InChI is InChI=1S/C20H25N3O3/c21-18(24)13-8-9-16(22-10-4-1-5-11-22)17(12-13)23-19(25)14-6-2-3-7-15(14)20(23)26/h8-9,12,14-15H,1-7,10-11H2,(H2,21,24)/t14-,15-/m1/s1. The van der Waals surface area contributed by atoms with Gasteiger partial charge in [-0.3, -0.25) is 14.4 Å². The molecule has 3 aliphatic rings. The van der Waals surface area contributed by atoms with Crippen molar-refractivity contribution in [1.82, 2.24) is 0 Å². The summed E-state index contributed by atoms with van der Waals surface area (Å²) >= 11 is 0. The molecule has 1 aliphatic carbocycles. The Kier molecular flexibility index (Phi) is 4.42. The Labute approximate surface area is 153 Å². The molecular weight excluding hydrogens is 330 g/mol. The van der Waals surface area contributed by atoms with Crippen LogP contribution in [0.2, 0.25) is 0 Å². The number of carbonyl (C=O) groups is 3. The van der Waals surface area contributed by atoms with E-state index >= 15 is 0 Å². The minimum absolute atomic E-state index is 0.112. The highest BCUT2D eigenvalue weighted by Gasteiger charge is 2.49. The van der Waals surface area contributed by atoms with E-state index in [0.29, 0.717) is 11.3 Å². The Morgan fingerprint density at radius 2 is 1.50 bits per heavy atom. The van der Waals surface area contributed by atoms with E-state index in [1.165, 1.54) is 11.3 Å². The van der Waals surface area contributed by atoms with Gasteiger partial charge in [0.1, 0.15) is 0 Å². The number of benzene rings is 1. The molecule has 2 atom stereocenters. The van der Waals surface area contributed by atoms with Crippen LogP contribution in [0.4, 0.5) is 11.4 Å². The highest BCUT2D eigenvalue weighted by atomic mass is 16.2. The molecule has 6 nitrogen and oxygen atoms in total. The lowest BCUT2D eigenvalue weighted by Crippen LogP contribution is -2.35. The zero-order valence-electron chi connectivity index (χ0n) is 14.9. The van der Waals surface area contributed by atoms with E-state index in [-0.39, 0.29) is 23.7 Å². The van der Waals surface area contributed by atoms with Crippen LogP contribution < -0.4 is 15.5 Å². The lowest BCUT2D eigenvalue weighted by Gasteiger charge is -2.32. The summed E-state index contributed by atoms with van der Waals surface area (Å²) in [6, 6.07) is 5.15. The van der Waals surface area contributed by atoms with Crippen molar-refractivity contribution in [1.29, 1.82) is 0 Å². The fraction of sp³-hybridized carbons (Fsp3) is 0.550. The number of primary amides is 1. The molecule has 6 heteroatoms. The third kappa shape index (κ3) is 2.77. The topological polar surface area (TPSA) is 83.7 Å². The Hall–Kier alpha value is -2.37. The molecule has 4 rings (SSSR count). The number of carbonyl (C=O) groups excluding carboxylic acids is 3. The van der Waals surface area contributed by atoms with Crippen molar-refractivity contribution < 1.29 is 14.4 Å². The summed E-state index contributed by atoms with van der Waals surface area (Å²) in [5.41, 5.74) is 7.18. The normalized spacial score (nSPS) is 26.2. The molecule has 1 aromatic carbocycles. The van der Waals surface area contributed by atoms with Gasteiger partial charge >= 0.3 is 0 Å². The molecule has 0 bridgehead atoms. The second-order valence-electron chi connectivity index (χ2n) is 7.62. The van der Waals surface area contributed by atoms with Crippen molar-refractivity contribution in [3.63, 3.8) is 0 Å². The third-order valence-corrected chi connectivity index (χ3v) is 6.04. The molecule has 1 saturated carbocycles. The maximum absolute atomic E-state index is 13.0. The van der Waals surface area contributed by atoms with Crippen LogP contribution in [-0.4, -0.2) is 30.8 Å². The van der Waals surface area contributed by atoms with Gasteiger partial charge in [-0.2, -0.15) is 0 Å². The minimum Gasteiger partial charge on any atom is -0.370 e. The number of hydrogen-bond donors (Lipinski definition) is 1. The van der Waals surface area contributed by atoms with Crippen LogP contribution in [0, 0.1) is 11.8 Å². The monoisotopic (exact) mass is 355 g/mol. The number of anilines is 2. The lowest BCUT2D eigenvalue weighted by molar-refractivity contribution is -0.122. The first-order chi connectivity index (χ1) is 12.6. The van der Waals surface area contributed by atoms with E-state index in [9.17, 15) is 14.4 Å². The van der Waals surface area contributed by atoms with Gasteiger partial charge in [0, 0.05) is 18.7 Å². The molecule has 2 aliphatic heterocycles. The quantitative estimate of drug-likeness (QED) is 0.844. The van der Waals surface area contributed by atoms with Gasteiger partial charge in [-0.1, -0.05) is 12.8 Å². The van der Waals surface area contributed by atoms with Gasteiger partial charge in [0.25, 0.3) is 0 Å². The van der Waals surface area contributed by atoms with Crippen LogP contribution in [0.25, 0.3) is 0 Å². The van der Waals surface area contributed by atoms with Crippen LogP contribution in [0.5, 0.6) is 0 Å². The van der Waals surface area contributed by atoms with Gasteiger partial charge in [0.15, 0.2) is 0 Å². The predicted molar refractivity (Wildman–Crippen MR) is 99.0 cm³/mol. The van der Waals surface area contributed by atoms with Gasteiger partial charge < -0.3 is 10.6 Å². The summed E-state index contributed by atoms with van der Waals surface area (Å²) in [5, 5.41) is 0. The van der Waals surface area contributed by atoms with Crippen molar-refractivity contribution in [2.75, 3.05) is 22.9 Å². The largest absolute Gasteiger partial charge is 0.370 e. The number of amides is 3. The number of hydrogen-bond acceptors (Lipinski definition) is 4. The molecule has 26 heavy (non-hydrogen) atoms. The fourth-order valence-corrected chi connectivity index (χ4v) is 4.66. The molecule has 2 N–H and O–H groups in total. The Morgan fingerprint density at radius 1 is 0.885 bits per heavy atom. The average molecular weight is 355 g/mol. The molecule has 2 saturated heterocycles. The van der Waals surface area contributed by atoms with Gasteiger partial charge in [-0.25, -0.2) is 4.90 Å². The molecule has 138 valence electrons. The Bertz CT molecular complexity index is 731. The summed E-state index contributed by atoms with van der Waals surface area (Å²) < 4.78 is 0. The Balaban J connectivity index is 1.78.